The molecule has 1 N–H and O–H groups in total. The number of benzene rings is 3. The Bertz CT molecular complexity index is 1240. The molecule has 0 saturated carbocycles. The number of amides is 2. The van der Waals surface area contributed by atoms with E-state index in [4.69, 9.17) is 0 Å². The number of aliphatic imine (C=N–C) groups is 1. The molecule has 0 bridgehead atoms. The quantitative estimate of drug-likeness (QED) is 0.443. The fourth-order valence-corrected chi connectivity index (χ4v) is 4.68. The van der Waals surface area contributed by atoms with E-state index < -0.39 is 22.9 Å². The van der Waals surface area contributed by atoms with Crippen molar-refractivity contribution in [2.24, 2.45) is 4.99 Å². The van der Waals surface area contributed by atoms with Crippen molar-refractivity contribution < 1.29 is 22.8 Å². The van der Waals surface area contributed by atoms with E-state index in [-0.39, 0.29) is 18.0 Å². The highest BCUT2D eigenvalue weighted by atomic mass is 32.2. The third-order valence-corrected chi connectivity index (χ3v) is 6.48. The SMILES string of the molecule is Cc1ccc(N=C2SC(CC(=O)Nc3cccc(C(F)(F)F)c3)C(=O)N2Cc2ccccc2)cc1. The summed E-state index contributed by atoms with van der Waals surface area (Å²) in [5, 5.41) is 2.20. The first-order chi connectivity index (χ1) is 16.7. The van der Waals surface area contributed by atoms with Gasteiger partial charge in [-0.1, -0.05) is 65.9 Å². The predicted octanol–water partition coefficient (Wildman–Crippen LogP) is 6.17. The summed E-state index contributed by atoms with van der Waals surface area (Å²) in [6.45, 7) is 2.26. The first kappa shape index (κ1) is 24.5. The molecule has 35 heavy (non-hydrogen) atoms. The fraction of sp³-hybridized carbons (Fsp3) is 0.192. The van der Waals surface area contributed by atoms with Gasteiger partial charge in [-0.2, -0.15) is 13.2 Å². The summed E-state index contributed by atoms with van der Waals surface area (Å²) in [6, 6.07) is 21.4. The van der Waals surface area contributed by atoms with Crippen molar-refractivity contribution in [1.29, 1.82) is 0 Å². The normalized spacial score (nSPS) is 17.1. The Morgan fingerprint density at radius 2 is 1.74 bits per heavy atom. The molecule has 180 valence electrons. The lowest BCUT2D eigenvalue weighted by Gasteiger charge is -2.16. The number of hydrogen-bond acceptors (Lipinski definition) is 4. The number of hydrogen-bond donors (Lipinski definition) is 1. The first-order valence-corrected chi connectivity index (χ1v) is 11.7. The molecule has 9 heteroatoms. The van der Waals surface area contributed by atoms with Crippen LogP contribution in [0.2, 0.25) is 0 Å². The Hall–Kier alpha value is -3.59. The number of carbonyl (C=O) groups is 2. The standard InChI is InChI=1S/C26H22F3N3O2S/c1-17-10-12-20(13-11-17)31-25-32(16-18-6-3-2-4-7-18)24(34)22(35-25)15-23(33)30-21-9-5-8-19(14-21)26(27,28)29/h2-14,22H,15-16H2,1H3,(H,30,33). The summed E-state index contributed by atoms with van der Waals surface area (Å²) in [6.07, 6.45) is -4.71. The summed E-state index contributed by atoms with van der Waals surface area (Å²) in [4.78, 5) is 32.0. The highest BCUT2D eigenvalue weighted by molar-refractivity contribution is 8.15. The van der Waals surface area contributed by atoms with Gasteiger partial charge in [-0.05, 0) is 42.8 Å². The highest BCUT2D eigenvalue weighted by Crippen LogP contribution is 2.34. The maximum absolute atomic E-state index is 13.2. The number of nitrogens with one attached hydrogen (secondary N) is 1. The van der Waals surface area contributed by atoms with Gasteiger partial charge < -0.3 is 5.32 Å². The van der Waals surface area contributed by atoms with Gasteiger partial charge >= 0.3 is 6.18 Å². The molecular weight excluding hydrogens is 475 g/mol. The van der Waals surface area contributed by atoms with E-state index in [1.165, 1.54) is 23.9 Å². The molecule has 0 aliphatic carbocycles. The van der Waals surface area contributed by atoms with Gasteiger partial charge in [0.25, 0.3) is 0 Å². The summed E-state index contributed by atoms with van der Waals surface area (Å²) < 4.78 is 38.9. The minimum atomic E-state index is -4.52. The van der Waals surface area contributed by atoms with Gasteiger partial charge in [0.05, 0.1) is 17.8 Å². The van der Waals surface area contributed by atoms with Crippen molar-refractivity contribution in [3.8, 4) is 0 Å². The minimum absolute atomic E-state index is 0.0231. The Morgan fingerprint density at radius 3 is 2.43 bits per heavy atom. The highest BCUT2D eigenvalue weighted by Gasteiger charge is 2.39. The second-order valence-corrected chi connectivity index (χ2v) is 9.25. The van der Waals surface area contributed by atoms with Crippen molar-refractivity contribution >= 4 is 40.1 Å². The van der Waals surface area contributed by atoms with E-state index in [0.717, 1.165) is 23.3 Å². The van der Waals surface area contributed by atoms with E-state index in [2.05, 4.69) is 10.3 Å². The number of thioether (sulfide) groups is 1. The van der Waals surface area contributed by atoms with Gasteiger partial charge in [0.15, 0.2) is 5.17 Å². The van der Waals surface area contributed by atoms with Crippen LogP contribution in [0.3, 0.4) is 0 Å². The average molecular weight is 498 g/mol. The van der Waals surface area contributed by atoms with Gasteiger partial charge in [0, 0.05) is 12.1 Å². The van der Waals surface area contributed by atoms with Crippen LogP contribution in [0.1, 0.15) is 23.1 Å². The molecule has 4 rings (SSSR count). The topological polar surface area (TPSA) is 61.8 Å². The molecule has 1 fully saturated rings. The van der Waals surface area contributed by atoms with Crippen molar-refractivity contribution in [1.82, 2.24) is 4.90 Å². The summed E-state index contributed by atoms with van der Waals surface area (Å²) in [5.41, 5.74) is 1.83. The zero-order valence-electron chi connectivity index (χ0n) is 18.8. The van der Waals surface area contributed by atoms with Crippen LogP contribution in [0.5, 0.6) is 0 Å². The lowest BCUT2D eigenvalue weighted by molar-refractivity contribution is -0.137. The van der Waals surface area contributed by atoms with Crippen molar-refractivity contribution in [3.05, 3.63) is 95.6 Å². The molecule has 0 radical (unpaired) electrons. The van der Waals surface area contributed by atoms with E-state index in [1.54, 1.807) is 4.90 Å². The number of anilines is 1. The molecule has 0 spiro atoms. The minimum Gasteiger partial charge on any atom is -0.326 e. The molecule has 1 aliphatic heterocycles. The number of nitrogens with zero attached hydrogens (tertiary/aromatic N) is 2. The van der Waals surface area contributed by atoms with E-state index in [9.17, 15) is 22.8 Å². The molecule has 1 aliphatic rings. The van der Waals surface area contributed by atoms with Crippen LogP contribution in [0.15, 0.2) is 83.9 Å². The second-order valence-electron chi connectivity index (χ2n) is 8.08. The van der Waals surface area contributed by atoms with Crippen molar-refractivity contribution in [2.45, 2.75) is 31.3 Å². The number of alkyl halides is 3. The van der Waals surface area contributed by atoms with E-state index in [0.29, 0.717) is 17.4 Å². The molecule has 2 amide bonds. The van der Waals surface area contributed by atoms with Crippen molar-refractivity contribution in [3.63, 3.8) is 0 Å². The van der Waals surface area contributed by atoms with Crippen LogP contribution in [0.25, 0.3) is 0 Å². The van der Waals surface area contributed by atoms with Gasteiger partial charge in [0.1, 0.15) is 5.25 Å². The van der Waals surface area contributed by atoms with Crippen LogP contribution < -0.4 is 5.32 Å². The lowest BCUT2D eigenvalue weighted by atomic mass is 10.2. The van der Waals surface area contributed by atoms with E-state index >= 15 is 0 Å². The van der Waals surface area contributed by atoms with Gasteiger partial charge in [-0.25, -0.2) is 4.99 Å². The molecule has 5 nitrogen and oxygen atoms in total. The Labute approximate surface area is 205 Å². The Balaban J connectivity index is 1.52. The fourth-order valence-electron chi connectivity index (χ4n) is 3.52. The zero-order valence-corrected chi connectivity index (χ0v) is 19.6. The molecule has 1 heterocycles. The summed E-state index contributed by atoms with van der Waals surface area (Å²) in [7, 11) is 0. The third-order valence-electron chi connectivity index (χ3n) is 5.31. The lowest BCUT2D eigenvalue weighted by Crippen LogP contribution is -2.33. The number of aryl methyl sites for hydroxylation is 1. The van der Waals surface area contributed by atoms with E-state index in [1.807, 2.05) is 61.5 Å². The molecule has 1 atom stereocenters. The number of amidine groups is 1. The average Bonchev–Trinajstić information content (AvgIpc) is 3.09. The summed E-state index contributed by atoms with van der Waals surface area (Å²) in [5.74, 6) is -0.824. The number of carbonyl (C=O) groups excluding carboxylic acids is 2. The monoisotopic (exact) mass is 497 g/mol. The third kappa shape index (κ3) is 6.30. The molecule has 1 saturated heterocycles. The summed E-state index contributed by atoms with van der Waals surface area (Å²) >= 11 is 1.18. The van der Waals surface area contributed by atoms with Gasteiger partial charge in [-0.3, -0.25) is 14.5 Å². The molecule has 3 aromatic rings. The Morgan fingerprint density at radius 1 is 1.03 bits per heavy atom. The number of halogens is 3. The maximum Gasteiger partial charge on any atom is 0.416 e. The Kier molecular flexibility index (Phi) is 7.25. The van der Waals surface area contributed by atoms with Crippen LogP contribution in [-0.2, 0) is 22.3 Å². The van der Waals surface area contributed by atoms with Crippen molar-refractivity contribution in [2.75, 3.05) is 5.32 Å². The van der Waals surface area contributed by atoms with Crippen LogP contribution in [-0.4, -0.2) is 27.1 Å². The smallest absolute Gasteiger partial charge is 0.326 e. The van der Waals surface area contributed by atoms with Crippen LogP contribution in [0, 0.1) is 6.92 Å². The molecular formula is C26H22F3N3O2S. The van der Waals surface area contributed by atoms with Gasteiger partial charge in [-0.15, -0.1) is 0 Å². The number of rotatable bonds is 6. The zero-order chi connectivity index (χ0) is 25.0. The molecule has 0 aromatic heterocycles. The first-order valence-electron chi connectivity index (χ1n) is 10.8. The molecule has 3 aromatic carbocycles. The second kappa shape index (κ2) is 10.4. The van der Waals surface area contributed by atoms with Crippen LogP contribution >= 0.6 is 11.8 Å². The molecule has 1 unspecified atom stereocenters. The predicted molar refractivity (Wildman–Crippen MR) is 131 cm³/mol. The largest absolute Gasteiger partial charge is 0.416 e. The van der Waals surface area contributed by atoms with Gasteiger partial charge in [0.2, 0.25) is 11.8 Å². The maximum atomic E-state index is 13.2. The van der Waals surface area contributed by atoms with Crippen LogP contribution in [0.4, 0.5) is 24.5 Å².